The molecule has 0 saturated heterocycles. The number of fused-ring (bicyclic) bond motifs is 2. The summed E-state index contributed by atoms with van der Waals surface area (Å²) in [7, 11) is 3.41. The van der Waals surface area contributed by atoms with Gasteiger partial charge in [-0.1, -0.05) is 74.3 Å². The Morgan fingerprint density at radius 3 is 1.50 bits per heavy atom. The molecule has 0 bridgehead atoms. The molecule has 0 unspecified atom stereocenters. The number of rotatable bonds is 9. The second kappa shape index (κ2) is 11.1. The van der Waals surface area contributed by atoms with Crippen LogP contribution in [0.3, 0.4) is 0 Å². The molecule has 0 amide bonds. The van der Waals surface area contributed by atoms with E-state index < -0.39 is 0 Å². The summed E-state index contributed by atoms with van der Waals surface area (Å²) >= 11 is 1.87. The summed E-state index contributed by atoms with van der Waals surface area (Å²) in [5, 5.41) is 0. The van der Waals surface area contributed by atoms with E-state index in [2.05, 4.69) is 72.5 Å². The van der Waals surface area contributed by atoms with Gasteiger partial charge in [0.05, 0.1) is 25.6 Å². The standard InChI is InChI=1S/C32H33NO2S/c1-4-5-6-7-20-33-29-18-12-25(23-8-14-27(34-2)15-9-23)21-31(29)36-32-22-26(13-19-30(32)33)24-10-16-28(35-3)17-11-24/h8-19,21-22H,4-7,20H2,1-3H3. The van der Waals surface area contributed by atoms with Gasteiger partial charge >= 0.3 is 0 Å². The average Bonchev–Trinajstić information content (AvgIpc) is 2.94. The zero-order chi connectivity index (χ0) is 24.9. The van der Waals surface area contributed by atoms with E-state index >= 15 is 0 Å². The van der Waals surface area contributed by atoms with Crippen molar-refractivity contribution in [3.63, 3.8) is 0 Å². The highest BCUT2D eigenvalue weighted by Crippen LogP contribution is 2.50. The number of nitrogens with zero attached hydrogens (tertiary/aromatic N) is 1. The third kappa shape index (κ3) is 5.10. The third-order valence-corrected chi connectivity index (χ3v) is 7.90. The van der Waals surface area contributed by atoms with Gasteiger partial charge in [0, 0.05) is 16.3 Å². The van der Waals surface area contributed by atoms with Gasteiger partial charge in [-0.25, -0.2) is 0 Å². The molecule has 4 heteroatoms. The number of hydrogen-bond acceptors (Lipinski definition) is 4. The van der Waals surface area contributed by atoms with Crippen molar-refractivity contribution >= 4 is 23.1 Å². The molecule has 0 atom stereocenters. The molecule has 1 heterocycles. The van der Waals surface area contributed by atoms with E-state index in [0.717, 1.165) is 18.0 Å². The summed E-state index contributed by atoms with van der Waals surface area (Å²) in [6.07, 6.45) is 4.99. The number of ether oxygens (including phenoxy) is 2. The van der Waals surface area contributed by atoms with Crippen LogP contribution in [0.4, 0.5) is 11.4 Å². The van der Waals surface area contributed by atoms with Gasteiger partial charge < -0.3 is 14.4 Å². The van der Waals surface area contributed by atoms with Gasteiger partial charge in [0.25, 0.3) is 0 Å². The summed E-state index contributed by atoms with van der Waals surface area (Å²) in [5.41, 5.74) is 7.46. The first-order valence-corrected chi connectivity index (χ1v) is 13.5. The van der Waals surface area contributed by atoms with E-state index in [9.17, 15) is 0 Å². The fourth-order valence-electron chi connectivity index (χ4n) is 4.75. The maximum atomic E-state index is 5.35. The van der Waals surface area contributed by atoms with Crippen molar-refractivity contribution in [2.45, 2.75) is 42.4 Å². The number of benzene rings is 4. The minimum atomic E-state index is 0.879. The van der Waals surface area contributed by atoms with Crippen LogP contribution in [-0.2, 0) is 0 Å². The van der Waals surface area contributed by atoms with Crippen LogP contribution in [0.25, 0.3) is 22.3 Å². The monoisotopic (exact) mass is 495 g/mol. The Morgan fingerprint density at radius 1 is 0.583 bits per heavy atom. The number of hydrogen-bond donors (Lipinski definition) is 0. The predicted octanol–water partition coefficient (Wildman–Crippen LogP) is 9.22. The molecule has 36 heavy (non-hydrogen) atoms. The Balaban J connectivity index is 1.50. The second-order valence-electron chi connectivity index (χ2n) is 9.14. The summed E-state index contributed by atoms with van der Waals surface area (Å²) in [4.78, 5) is 5.13. The van der Waals surface area contributed by atoms with Crippen molar-refractivity contribution in [1.82, 2.24) is 0 Å². The van der Waals surface area contributed by atoms with E-state index in [-0.39, 0.29) is 0 Å². The molecular formula is C32H33NO2S. The number of unbranched alkanes of at least 4 members (excludes halogenated alkanes) is 3. The quantitative estimate of drug-likeness (QED) is 0.216. The van der Waals surface area contributed by atoms with Crippen molar-refractivity contribution in [2.24, 2.45) is 0 Å². The normalized spacial score (nSPS) is 12.1. The highest BCUT2D eigenvalue weighted by Gasteiger charge is 2.24. The van der Waals surface area contributed by atoms with Gasteiger partial charge in [0.2, 0.25) is 0 Å². The van der Waals surface area contributed by atoms with Crippen molar-refractivity contribution in [1.29, 1.82) is 0 Å². The molecule has 0 aromatic heterocycles. The fraction of sp³-hybridized carbons (Fsp3) is 0.250. The van der Waals surface area contributed by atoms with Crippen LogP contribution >= 0.6 is 11.8 Å². The molecule has 4 aromatic carbocycles. The largest absolute Gasteiger partial charge is 0.497 e. The molecule has 1 aliphatic heterocycles. The van der Waals surface area contributed by atoms with Gasteiger partial charge in [0.15, 0.2) is 0 Å². The molecule has 0 saturated carbocycles. The average molecular weight is 496 g/mol. The number of anilines is 2. The summed E-state index contributed by atoms with van der Waals surface area (Å²) < 4.78 is 10.7. The first-order valence-electron chi connectivity index (χ1n) is 12.7. The van der Waals surface area contributed by atoms with Crippen molar-refractivity contribution < 1.29 is 9.47 Å². The van der Waals surface area contributed by atoms with E-state index in [1.54, 1.807) is 14.2 Å². The van der Waals surface area contributed by atoms with Gasteiger partial charge in [-0.15, -0.1) is 0 Å². The van der Waals surface area contributed by atoms with Crippen LogP contribution < -0.4 is 14.4 Å². The van der Waals surface area contributed by atoms with Crippen molar-refractivity contribution in [2.75, 3.05) is 25.7 Å². The van der Waals surface area contributed by atoms with E-state index in [1.165, 1.54) is 69.1 Å². The smallest absolute Gasteiger partial charge is 0.118 e. The molecule has 0 aliphatic carbocycles. The zero-order valence-electron chi connectivity index (χ0n) is 21.3. The fourth-order valence-corrected chi connectivity index (χ4v) is 5.92. The maximum absolute atomic E-state index is 5.35. The lowest BCUT2D eigenvalue weighted by molar-refractivity contribution is 0.415. The lowest BCUT2D eigenvalue weighted by Crippen LogP contribution is -2.22. The second-order valence-corrected chi connectivity index (χ2v) is 10.2. The Bertz CT molecular complexity index is 1220. The third-order valence-electron chi connectivity index (χ3n) is 6.80. The van der Waals surface area contributed by atoms with E-state index in [4.69, 9.17) is 9.47 Å². The Kier molecular flexibility index (Phi) is 7.52. The molecule has 1 aliphatic rings. The van der Waals surface area contributed by atoms with Crippen LogP contribution in [0.2, 0.25) is 0 Å². The van der Waals surface area contributed by atoms with Crippen LogP contribution in [0.15, 0.2) is 94.7 Å². The Morgan fingerprint density at radius 2 is 1.06 bits per heavy atom. The Hall–Kier alpha value is -3.37. The minimum Gasteiger partial charge on any atom is -0.497 e. The molecule has 3 nitrogen and oxygen atoms in total. The molecule has 0 fully saturated rings. The summed E-state index contributed by atoms with van der Waals surface area (Å²) in [6, 6.07) is 30.4. The number of methoxy groups -OCH3 is 2. The summed E-state index contributed by atoms with van der Waals surface area (Å²) in [5.74, 6) is 1.76. The van der Waals surface area contributed by atoms with Crippen LogP contribution in [0, 0.1) is 0 Å². The lowest BCUT2D eigenvalue weighted by atomic mass is 10.0. The van der Waals surface area contributed by atoms with Gasteiger partial charge in [-0.05, 0) is 77.2 Å². The molecule has 184 valence electrons. The molecule has 5 rings (SSSR count). The molecule has 4 aromatic rings. The lowest BCUT2D eigenvalue weighted by Gasteiger charge is -2.33. The molecule has 0 N–H and O–H groups in total. The first-order chi connectivity index (χ1) is 17.7. The van der Waals surface area contributed by atoms with Crippen LogP contribution in [-0.4, -0.2) is 20.8 Å². The zero-order valence-corrected chi connectivity index (χ0v) is 22.1. The van der Waals surface area contributed by atoms with Gasteiger partial charge in [-0.2, -0.15) is 0 Å². The predicted molar refractivity (Wildman–Crippen MR) is 152 cm³/mol. The molecular weight excluding hydrogens is 462 g/mol. The highest BCUT2D eigenvalue weighted by atomic mass is 32.2. The highest BCUT2D eigenvalue weighted by molar-refractivity contribution is 7.99. The Labute approximate surface area is 219 Å². The minimum absolute atomic E-state index is 0.879. The van der Waals surface area contributed by atoms with Crippen molar-refractivity contribution in [3.8, 4) is 33.8 Å². The summed E-state index contributed by atoms with van der Waals surface area (Å²) in [6.45, 7) is 3.30. The molecule has 0 spiro atoms. The van der Waals surface area contributed by atoms with Crippen LogP contribution in [0.1, 0.15) is 32.6 Å². The van der Waals surface area contributed by atoms with Gasteiger partial charge in [0.1, 0.15) is 11.5 Å². The van der Waals surface area contributed by atoms with Crippen LogP contribution in [0.5, 0.6) is 11.5 Å². The van der Waals surface area contributed by atoms with E-state index in [1.807, 2.05) is 36.0 Å². The topological polar surface area (TPSA) is 21.7 Å². The maximum Gasteiger partial charge on any atom is 0.118 e. The molecule has 0 radical (unpaired) electrons. The van der Waals surface area contributed by atoms with E-state index in [0.29, 0.717) is 0 Å². The van der Waals surface area contributed by atoms with Gasteiger partial charge in [-0.3, -0.25) is 0 Å². The van der Waals surface area contributed by atoms with Crippen molar-refractivity contribution in [3.05, 3.63) is 84.9 Å². The SMILES string of the molecule is CCCCCCN1c2ccc(-c3ccc(OC)cc3)cc2Sc2cc(-c3ccc(OC)cc3)ccc21. The first kappa shape index (κ1) is 24.3.